The molecule has 0 bridgehead atoms. The maximum Gasteiger partial charge on any atom is 1.00 e. The first-order valence-corrected chi connectivity index (χ1v) is 16.1. The molecule has 0 saturated heterocycles. The summed E-state index contributed by atoms with van der Waals surface area (Å²) in [7, 11) is -4.86. The monoisotopic (exact) mass is 620 g/mol. The van der Waals surface area contributed by atoms with Crippen LogP contribution in [0.25, 0.3) is 0 Å². The van der Waals surface area contributed by atoms with E-state index >= 15 is 0 Å². The standard InChI is InChI=1S/C36H39O6P.Na/c1-25(2)29-17-11-27(12-18-29)15-21-35(37)31-7-5-9-33(23-31)41-43(39,40)42-34-10-6-8-32(24-34)36(38)22-16-28-13-19-30(20-14-28)26(3)4;/h5-14,17-20,23-26H,15-16,21-22H2,1-4H3,(H,39,40);/q;+1/p-1. The largest absolute Gasteiger partial charge is 1.00 e. The number of hydrogen-bond acceptors (Lipinski definition) is 6. The number of phosphoric acid groups is 1. The summed E-state index contributed by atoms with van der Waals surface area (Å²) >= 11 is 0. The van der Waals surface area contributed by atoms with Crippen molar-refractivity contribution in [2.75, 3.05) is 0 Å². The molecule has 0 aromatic heterocycles. The molecule has 0 amide bonds. The van der Waals surface area contributed by atoms with Gasteiger partial charge >= 0.3 is 37.4 Å². The first-order valence-electron chi connectivity index (χ1n) is 14.6. The van der Waals surface area contributed by atoms with Crippen LogP contribution in [0, 0.1) is 0 Å². The summed E-state index contributed by atoms with van der Waals surface area (Å²) in [6.45, 7) is 8.53. The Morgan fingerprint density at radius 1 is 0.636 bits per heavy atom. The predicted molar refractivity (Wildman–Crippen MR) is 168 cm³/mol. The number of benzene rings is 4. The normalized spacial score (nSPS) is 11.2. The quantitative estimate of drug-likeness (QED) is 0.105. The average molecular weight is 621 g/mol. The van der Waals surface area contributed by atoms with Gasteiger partial charge in [0.1, 0.15) is 11.5 Å². The molecular weight excluding hydrogens is 582 g/mol. The van der Waals surface area contributed by atoms with Crippen LogP contribution in [0.15, 0.2) is 97.1 Å². The zero-order chi connectivity index (χ0) is 31.0. The summed E-state index contributed by atoms with van der Waals surface area (Å²) in [5.41, 5.74) is 5.30. The molecule has 0 aliphatic heterocycles. The summed E-state index contributed by atoms with van der Waals surface area (Å²) in [6.07, 6.45) is 1.70. The van der Waals surface area contributed by atoms with Crippen LogP contribution in [0.5, 0.6) is 11.5 Å². The van der Waals surface area contributed by atoms with E-state index in [9.17, 15) is 19.0 Å². The number of phosphoric ester groups is 1. The van der Waals surface area contributed by atoms with Crippen molar-refractivity contribution in [3.8, 4) is 11.5 Å². The van der Waals surface area contributed by atoms with Gasteiger partial charge in [-0.2, -0.15) is 0 Å². The van der Waals surface area contributed by atoms with Crippen LogP contribution in [0.2, 0.25) is 0 Å². The molecule has 4 aromatic rings. The number of ketones is 2. The Hall–Kier alpha value is -2.99. The fourth-order valence-corrected chi connectivity index (χ4v) is 5.45. The van der Waals surface area contributed by atoms with Gasteiger partial charge in [0.15, 0.2) is 11.6 Å². The SMILES string of the molecule is CC(C)c1ccc(CCC(=O)c2cccc(OP(=O)([O-])Oc3cccc(C(=O)CCc4ccc(C(C)C)cc4)c3)c2)cc1.[Na+]. The molecule has 44 heavy (non-hydrogen) atoms. The Balaban J connectivity index is 0.00000529. The Morgan fingerprint density at radius 3 is 1.34 bits per heavy atom. The van der Waals surface area contributed by atoms with Gasteiger partial charge in [-0.15, -0.1) is 0 Å². The van der Waals surface area contributed by atoms with Gasteiger partial charge in [0.2, 0.25) is 0 Å². The first-order chi connectivity index (χ1) is 20.5. The van der Waals surface area contributed by atoms with Crippen LogP contribution in [0.4, 0.5) is 0 Å². The molecule has 0 aliphatic carbocycles. The van der Waals surface area contributed by atoms with Crippen molar-refractivity contribution in [2.24, 2.45) is 0 Å². The van der Waals surface area contributed by atoms with Crippen molar-refractivity contribution in [3.63, 3.8) is 0 Å². The van der Waals surface area contributed by atoms with E-state index in [4.69, 9.17) is 9.05 Å². The zero-order valence-corrected chi connectivity index (χ0v) is 29.0. The van der Waals surface area contributed by atoms with Gasteiger partial charge in [0.25, 0.3) is 0 Å². The van der Waals surface area contributed by atoms with Crippen molar-refractivity contribution < 1.29 is 57.7 Å². The van der Waals surface area contributed by atoms with E-state index in [1.807, 2.05) is 24.3 Å². The Bertz CT molecular complexity index is 1480. The minimum atomic E-state index is -4.86. The topological polar surface area (TPSA) is 92.7 Å². The number of Topliss-reactive ketones (excluding diaryl/α,β-unsaturated/α-hetero) is 2. The second-order valence-electron chi connectivity index (χ2n) is 11.3. The van der Waals surface area contributed by atoms with Gasteiger partial charge < -0.3 is 13.9 Å². The third kappa shape index (κ3) is 10.6. The van der Waals surface area contributed by atoms with Crippen molar-refractivity contribution >= 4 is 19.4 Å². The molecule has 0 heterocycles. The predicted octanol–water partition coefficient (Wildman–Crippen LogP) is 5.49. The molecule has 0 aliphatic rings. The van der Waals surface area contributed by atoms with E-state index < -0.39 is 7.82 Å². The van der Waals surface area contributed by atoms with Gasteiger partial charge in [-0.25, -0.2) is 4.57 Å². The number of carbonyl (C=O) groups is 2. The molecule has 0 saturated carbocycles. The number of carbonyl (C=O) groups excluding carboxylic acids is 2. The Kier molecular flexibility index (Phi) is 13.2. The first kappa shape index (κ1) is 35.5. The molecule has 0 fully saturated rings. The van der Waals surface area contributed by atoms with Gasteiger partial charge in [-0.1, -0.05) is 100 Å². The molecule has 6 nitrogen and oxygen atoms in total. The van der Waals surface area contributed by atoms with Gasteiger partial charge in [-0.05, 0) is 71.2 Å². The van der Waals surface area contributed by atoms with E-state index in [2.05, 4.69) is 52.0 Å². The summed E-state index contributed by atoms with van der Waals surface area (Å²) in [6, 6.07) is 28.5. The molecule has 0 radical (unpaired) electrons. The molecule has 4 rings (SSSR count). The second-order valence-corrected chi connectivity index (χ2v) is 12.6. The van der Waals surface area contributed by atoms with Gasteiger partial charge in [0.05, 0.1) is 0 Å². The summed E-state index contributed by atoms with van der Waals surface area (Å²) in [4.78, 5) is 38.4. The van der Waals surface area contributed by atoms with Crippen LogP contribution in [-0.2, 0) is 17.4 Å². The molecule has 224 valence electrons. The van der Waals surface area contributed by atoms with Crippen molar-refractivity contribution in [1.29, 1.82) is 0 Å². The minimum absolute atomic E-state index is 0. The second kappa shape index (κ2) is 16.4. The summed E-state index contributed by atoms with van der Waals surface area (Å²) < 4.78 is 23.1. The number of aryl methyl sites for hydroxylation is 2. The molecule has 0 unspecified atom stereocenters. The van der Waals surface area contributed by atoms with E-state index in [0.29, 0.717) is 35.8 Å². The van der Waals surface area contributed by atoms with Crippen LogP contribution in [0.3, 0.4) is 0 Å². The van der Waals surface area contributed by atoms with E-state index in [1.54, 1.807) is 24.3 Å². The number of hydrogen-bond donors (Lipinski definition) is 0. The summed E-state index contributed by atoms with van der Waals surface area (Å²) in [5.74, 6) is 0.579. The third-order valence-corrected chi connectivity index (χ3v) is 8.19. The van der Waals surface area contributed by atoms with Crippen LogP contribution >= 0.6 is 7.82 Å². The van der Waals surface area contributed by atoms with E-state index in [0.717, 1.165) is 11.1 Å². The average Bonchev–Trinajstić information content (AvgIpc) is 2.98. The maximum atomic E-state index is 12.8. The number of rotatable bonds is 14. The Morgan fingerprint density at radius 2 is 1.00 bits per heavy atom. The molecule has 0 spiro atoms. The fraction of sp³-hybridized carbons (Fsp3) is 0.278. The van der Waals surface area contributed by atoms with Crippen LogP contribution < -0.4 is 43.5 Å². The fourth-order valence-electron chi connectivity index (χ4n) is 4.67. The van der Waals surface area contributed by atoms with Crippen molar-refractivity contribution in [1.82, 2.24) is 0 Å². The van der Waals surface area contributed by atoms with Crippen molar-refractivity contribution in [2.45, 2.75) is 65.2 Å². The molecule has 0 atom stereocenters. The maximum absolute atomic E-state index is 12.8. The molecule has 8 heteroatoms. The molecule has 0 N–H and O–H groups in total. The van der Waals surface area contributed by atoms with Gasteiger partial charge in [-0.3, -0.25) is 9.59 Å². The Labute approximate surface area is 282 Å². The van der Waals surface area contributed by atoms with E-state index in [-0.39, 0.29) is 65.5 Å². The smallest absolute Gasteiger partial charge is 0.736 e. The van der Waals surface area contributed by atoms with E-state index in [1.165, 1.54) is 35.4 Å². The van der Waals surface area contributed by atoms with Crippen LogP contribution in [-0.4, -0.2) is 11.6 Å². The molecular formula is C36H38NaO6P. The minimum Gasteiger partial charge on any atom is -0.736 e. The van der Waals surface area contributed by atoms with Crippen LogP contribution in [0.1, 0.15) is 95.3 Å². The summed E-state index contributed by atoms with van der Waals surface area (Å²) in [5, 5.41) is 0. The third-order valence-electron chi connectivity index (χ3n) is 7.32. The van der Waals surface area contributed by atoms with Gasteiger partial charge in [0, 0.05) is 24.0 Å². The molecule has 4 aromatic carbocycles. The van der Waals surface area contributed by atoms with Crippen molar-refractivity contribution in [3.05, 3.63) is 130 Å². The zero-order valence-electron chi connectivity index (χ0n) is 26.1.